The third kappa shape index (κ3) is 5.40. The van der Waals surface area contributed by atoms with E-state index in [0.717, 1.165) is 52.6 Å². The van der Waals surface area contributed by atoms with Crippen LogP contribution in [0, 0.1) is 0 Å². The Kier molecular flexibility index (Phi) is 6.71. The highest BCUT2D eigenvalue weighted by molar-refractivity contribution is 7.80. The highest BCUT2D eigenvalue weighted by Gasteiger charge is 2.14. The second-order valence-electron chi connectivity index (χ2n) is 4.36. The van der Waals surface area contributed by atoms with Gasteiger partial charge in [0.05, 0.1) is 26.4 Å². The van der Waals surface area contributed by atoms with Crippen molar-refractivity contribution < 1.29 is 18.9 Å². The van der Waals surface area contributed by atoms with Gasteiger partial charge in [0.15, 0.2) is 0 Å². The van der Waals surface area contributed by atoms with Crippen molar-refractivity contribution in [3.8, 4) is 0 Å². The van der Waals surface area contributed by atoms with Gasteiger partial charge in [0, 0.05) is 26.2 Å². The Bertz CT molecular complexity index is 201. The Morgan fingerprint density at radius 3 is 1.61 bits per heavy atom. The molecule has 0 aromatic rings. The zero-order chi connectivity index (χ0) is 12.6. The summed E-state index contributed by atoms with van der Waals surface area (Å²) in [5.41, 5.74) is -0.476. The summed E-state index contributed by atoms with van der Waals surface area (Å²) >= 11 is 4.27. The largest absolute Gasteiger partial charge is 0.379 e. The Morgan fingerprint density at radius 1 is 0.833 bits per heavy atom. The predicted molar refractivity (Wildman–Crippen MR) is 69.5 cm³/mol. The normalized spacial score (nSPS) is 23.7. The van der Waals surface area contributed by atoms with E-state index in [4.69, 9.17) is 18.9 Å². The smallest absolute Gasteiger partial charge is 0.206 e. The second kappa shape index (κ2) is 8.31. The molecule has 7 heteroatoms. The fourth-order valence-electron chi connectivity index (χ4n) is 1.85. The van der Waals surface area contributed by atoms with Gasteiger partial charge in [-0.05, 0) is 0 Å². The molecule has 2 aliphatic heterocycles. The zero-order valence-corrected chi connectivity index (χ0v) is 11.5. The first-order chi connectivity index (χ1) is 8.84. The monoisotopic (exact) mass is 278 g/mol. The lowest BCUT2D eigenvalue weighted by Gasteiger charge is -2.29. The molecule has 106 valence electrons. The summed E-state index contributed by atoms with van der Waals surface area (Å²) in [7, 11) is 0. The molecule has 0 aliphatic carbocycles. The van der Waals surface area contributed by atoms with Crippen LogP contribution in [0.4, 0.5) is 0 Å². The van der Waals surface area contributed by atoms with E-state index >= 15 is 0 Å². The van der Waals surface area contributed by atoms with Crippen LogP contribution in [0.2, 0.25) is 0 Å². The van der Waals surface area contributed by atoms with Crippen molar-refractivity contribution >= 4 is 12.6 Å². The molecule has 2 fully saturated rings. The van der Waals surface area contributed by atoms with Crippen molar-refractivity contribution in [1.29, 1.82) is 0 Å². The third-order valence-corrected chi connectivity index (χ3v) is 3.30. The Balaban J connectivity index is 1.52. The summed E-state index contributed by atoms with van der Waals surface area (Å²) in [5, 5.41) is 0. The average Bonchev–Trinajstić information content (AvgIpc) is 2.45. The fourth-order valence-corrected chi connectivity index (χ4v) is 1.98. The van der Waals surface area contributed by atoms with Crippen molar-refractivity contribution in [2.45, 2.75) is 5.62 Å². The molecule has 0 aromatic heterocycles. The summed E-state index contributed by atoms with van der Waals surface area (Å²) in [5.74, 6) is 0. The van der Waals surface area contributed by atoms with E-state index in [-0.39, 0.29) is 0 Å². The quantitative estimate of drug-likeness (QED) is 0.537. The molecule has 6 nitrogen and oxygen atoms in total. The highest BCUT2D eigenvalue weighted by Crippen LogP contribution is 2.05. The van der Waals surface area contributed by atoms with Gasteiger partial charge in [-0.2, -0.15) is 0 Å². The van der Waals surface area contributed by atoms with Crippen LogP contribution in [0.3, 0.4) is 0 Å². The number of rotatable bonds is 6. The van der Waals surface area contributed by atoms with Crippen LogP contribution >= 0.6 is 12.6 Å². The number of hydrogen-bond acceptors (Lipinski definition) is 7. The van der Waals surface area contributed by atoms with E-state index in [1.54, 1.807) is 0 Å². The molecular weight excluding hydrogens is 256 g/mol. The molecule has 18 heavy (non-hydrogen) atoms. The number of morpholine rings is 2. The van der Waals surface area contributed by atoms with Gasteiger partial charge >= 0.3 is 0 Å². The number of ether oxygens (including phenoxy) is 4. The molecule has 0 saturated carbocycles. The minimum atomic E-state index is -0.476. The van der Waals surface area contributed by atoms with Gasteiger partial charge < -0.3 is 18.9 Å². The first-order valence-electron chi connectivity index (χ1n) is 6.36. The lowest BCUT2D eigenvalue weighted by molar-refractivity contribution is -0.152. The summed E-state index contributed by atoms with van der Waals surface area (Å²) in [6.45, 7) is 7.80. The molecule has 2 saturated heterocycles. The first kappa shape index (κ1) is 14.5. The highest BCUT2D eigenvalue weighted by atomic mass is 32.1. The minimum absolute atomic E-state index is 0.476. The van der Waals surface area contributed by atoms with Crippen molar-refractivity contribution in [3.05, 3.63) is 0 Å². The SMILES string of the molecule is SC(OCN1CCOCC1)OCN1CCOCC1. The Hall–Kier alpha value is 0.110. The van der Waals surface area contributed by atoms with Crippen LogP contribution in [0.1, 0.15) is 0 Å². The Morgan fingerprint density at radius 2 is 1.22 bits per heavy atom. The summed E-state index contributed by atoms with van der Waals surface area (Å²) in [4.78, 5) is 4.37. The van der Waals surface area contributed by atoms with Crippen LogP contribution in [0.15, 0.2) is 0 Å². The molecule has 0 aromatic carbocycles. The van der Waals surface area contributed by atoms with Gasteiger partial charge in [-0.1, -0.05) is 0 Å². The number of thiol groups is 1. The molecule has 0 unspecified atom stereocenters. The first-order valence-corrected chi connectivity index (χ1v) is 6.88. The zero-order valence-electron chi connectivity index (χ0n) is 10.6. The molecule has 0 radical (unpaired) electrons. The van der Waals surface area contributed by atoms with Gasteiger partial charge in [0.1, 0.15) is 13.5 Å². The van der Waals surface area contributed by atoms with Crippen molar-refractivity contribution in [2.24, 2.45) is 0 Å². The van der Waals surface area contributed by atoms with Gasteiger partial charge in [0.25, 0.3) is 0 Å². The molecule has 0 amide bonds. The van der Waals surface area contributed by atoms with E-state index < -0.39 is 5.62 Å². The topological polar surface area (TPSA) is 43.4 Å². The molecule has 0 atom stereocenters. The van der Waals surface area contributed by atoms with E-state index in [1.165, 1.54) is 0 Å². The lowest BCUT2D eigenvalue weighted by Crippen LogP contribution is -2.40. The molecule has 0 N–H and O–H groups in total. The van der Waals surface area contributed by atoms with Crippen molar-refractivity contribution in [2.75, 3.05) is 66.1 Å². The summed E-state index contributed by atoms with van der Waals surface area (Å²) in [6, 6.07) is 0. The van der Waals surface area contributed by atoms with Crippen LogP contribution in [0.5, 0.6) is 0 Å². The van der Waals surface area contributed by atoms with Gasteiger partial charge in [-0.25, -0.2) is 0 Å². The van der Waals surface area contributed by atoms with E-state index in [2.05, 4.69) is 22.4 Å². The van der Waals surface area contributed by atoms with Crippen LogP contribution in [0.25, 0.3) is 0 Å². The summed E-state index contributed by atoms with van der Waals surface area (Å²) in [6.07, 6.45) is 0. The number of hydrogen-bond donors (Lipinski definition) is 1. The maximum Gasteiger partial charge on any atom is 0.206 e. The Labute approximate surface area is 114 Å². The average molecular weight is 278 g/mol. The van der Waals surface area contributed by atoms with Crippen LogP contribution in [-0.2, 0) is 18.9 Å². The number of nitrogens with zero attached hydrogens (tertiary/aromatic N) is 2. The molecule has 2 aliphatic rings. The van der Waals surface area contributed by atoms with Crippen molar-refractivity contribution in [1.82, 2.24) is 9.80 Å². The molecule has 2 heterocycles. The standard InChI is InChI=1S/C11H22N2O4S/c18-11(16-9-12-1-5-14-6-2-12)17-10-13-3-7-15-8-4-13/h11,18H,1-10H2. The molecule has 2 rings (SSSR count). The maximum atomic E-state index is 5.53. The molecule has 0 spiro atoms. The maximum absolute atomic E-state index is 5.53. The van der Waals surface area contributed by atoms with E-state index in [9.17, 15) is 0 Å². The minimum Gasteiger partial charge on any atom is -0.379 e. The molecule has 0 bridgehead atoms. The van der Waals surface area contributed by atoms with Crippen LogP contribution < -0.4 is 0 Å². The van der Waals surface area contributed by atoms with Gasteiger partial charge in [0.2, 0.25) is 5.62 Å². The van der Waals surface area contributed by atoms with E-state index in [1.807, 2.05) is 0 Å². The predicted octanol–water partition coefficient (Wildman–Crippen LogP) is -0.188. The molecular formula is C11H22N2O4S. The second-order valence-corrected chi connectivity index (χ2v) is 4.78. The van der Waals surface area contributed by atoms with Crippen LogP contribution in [-0.4, -0.2) is 81.5 Å². The van der Waals surface area contributed by atoms with Gasteiger partial charge in [-0.15, -0.1) is 12.6 Å². The van der Waals surface area contributed by atoms with Crippen molar-refractivity contribution in [3.63, 3.8) is 0 Å². The summed E-state index contributed by atoms with van der Waals surface area (Å²) < 4.78 is 21.6. The van der Waals surface area contributed by atoms with Gasteiger partial charge in [-0.3, -0.25) is 9.80 Å². The lowest BCUT2D eigenvalue weighted by atomic mass is 10.5. The fraction of sp³-hybridized carbons (Fsp3) is 1.00. The van der Waals surface area contributed by atoms with E-state index in [0.29, 0.717) is 13.5 Å². The third-order valence-electron chi connectivity index (χ3n) is 3.01.